The summed E-state index contributed by atoms with van der Waals surface area (Å²) in [5, 5.41) is 0. The van der Waals surface area contributed by atoms with E-state index in [0.29, 0.717) is 31.1 Å². The number of nitrogens with zero attached hydrogens (tertiary/aromatic N) is 4. The summed E-state index contributed by atoms with van der Waals surface area (Å²) in [6, 6.07) is 5.29. The first-order valence-electron chi connectivity index (χ1n) is 9.84. The number of hydrogen-bond acceptors (Lipinski definition) is 6. The normalized spacial score (nSPS) is 25.0. The number of carbonyl (C=O) groups is 1. The fraction of sp³-hybridized carbons (Fsp3) is 0.500. The van der Waals surface area contributed by atoms with Crippen molar-refractivity contribution >= 4 is 11.7 Å². The second kappa shape index (κ2) is 6.13. The highest BCUT2D eigenvalue weighted by Crippen LogP contribution is 2.39. The molecular formula is C20H24N6O2. The molecule has 0 aromatic carbocycles. The molecule has 28 heavy (non-hydrogen) atoms. The van der Waals surface area contributed by atoms with E-state index in [0.717, 1.165) is 36.9 Å². The van der Waals surface area contributed by atoms with Gasteiger partial charge in [-0.3, -0.25) is 9.59 Å². The lowest BCUT2D eigenvalue weighted by molar-refractivity contribution is -0.143. The molecule has 1 aliphatic carbocycles. The lowest BCUT2D eigenvalue weighted by Crippen LogP contribution is -2.62. The maximum absolute atomic E-state index is 12.9. The minimum absolute atomic E-state index is 0.0338. The monoisotopic (exact) mass is 380 g/mol. The number of anilines is 1. The van der Waals surface area contributed by atoms with Gasteiger partial charge in [-0.05, 0) is 37.7 Å². The van der Waals surface area contributed by atoms with Gasteiger partial charge in [0.25, 0.3) is 5.56 Å². The number of nitrogen functional groups attached to an aromatic ring is 1. The van der Waals surface area contributed by atoms with Crippen LogP contribution in [0.15, 0.2) is 29.3 Å². The molecule has 4 N–H and O–H groups in total. The molecule has 2 atom stereocenters. The molecule has 1 saturated heterocycles. The predicted octanol–water partition coefficient (Wildman–Crippen LogP) is 0.715. The van der Waals surface area contributed by atoms with Crippen molar-refractivity contribution in [3.05, 3.63) is 40.6 Å². The number of rotatable bonds is 2. The number of nitrogens with two attached hydrogens (primary N) is 2. The number of amides is 1. The van der Waals surface area contributed by atoms with Crippen LogP contribution < -0.4 is 17.0 Å². The lowest BCUT2D eigenvalue weighted by Gasteiger charge is -2.47. The first-order valence-corrected chi connectivity index (χ1v) is 9.84. The maximum atomic E-state index is 12.9. The quantitative estimate of drug-likeness (QED) is 0.792. The van der Waals surface area contributed by atoms with Crippen LogP contribution in [-0.2, 0) is 11.3 Å². The van der Waals surface area contributed by atoms with Crippen LogP contribution in [-0.4, -0.2) is 44.0 Å². The number of aromatic nitrogens is 3. The molecule has 1 saturated carbocycles. The Hall–Kier alpha value is -2.74. The zero-order chi connectivity index (χ0) is 19.5. The van der Waals surface area contributed by atoms with Crippen LogP contribution in [0.4, 0.5) is 5.82 Å². The van der Waals surface area contributed by atoms with Crippen LogP contribution in [0.5, 0.6) is 0 Å². The molecule has 0 spiro atoms. The molecule has 4 heterocycles. The summed E-state index contributed by atoms with van der Waals surface area (Å²) in [5.41, 5.74) is 13.7. The average Bonchev–Trinajstić information content (AvgIpc) is 2.66. The highest BCUT2D eigenvalue weighted by Gasteiger charge is 2.46. The van der Waals surface area contributed by atoms with Gasteiger partial charge >= 0.3 is 0 Å². The summed E-state index contributed by atoms with van der Waals surface area (Å²) in [6.07, 6.45) is 4.95. The molecule has 146 valence electrons. The van der Waals surface area contributed by atoms with E-state index in [1.165, 1.54) is 6.33 Å². The number of fused-ring (bicyclic) bond motifs is 4. The molecule has 8 heteroatoms. The van der Waals surface area contributed by atoms with E-state index < -0.39 is 5.54 Å². The van der Waals surface area contributed by atoms with Crippen molar-refractivity contribution < 1.29 is 4.79 Å². The zero-order valence-electron chi connectivity index (χ0n) is 15.7. The van der Waals surface area contributed by atoms with Crippen LogP contribution in [0.1, 0.15) is 37.3 Å². The molecule has 3 aliphatic rings. The molecular weight excluding hydrogens is 356 g/mol. The summed E-state index contributed by atoms with van der Waals surface area (Å²) in [4.78, 5) is 35.8. The topological polar surface area (TPSA) is 120 Å². The van der Waals surface area contributed by atoms with Gasteiger partial charge in [-0.15, -0.1) is 0 Å². The minimum atomic E-state index is -0.675. The summed E-state index contributed by atoms with van der Waals surface area (Å²) in [6.45, 7) is 1.94. The Balaban J connectivity index is 1.50. The number of hydrogen-bond donors (Lipinski definition) is 2. The summed E-state index contributed by atoms with van der Waals surface area (Å²) < 4.78 is 1.86. The van der Waals surface area contributed by atoms with E-state index >= 15 is 0 Å². The third-order valence-corrected chi connectivity index (χ3v) is 6.50. The van der Waals surface area contributed by atoms with Crippen molar-refractivity contribution in [2.75, 3.05) is 18.8 Å². The summed E-state index contributed by atoms with van der Waals surface area (Å²) >= 11 is 0. The van der Waals surface area contributed by atoms with E-state index in [2.05, 4.69) is 9.97 Å². The van der Waals surface area contributed by atoms with Crippen molar-refractivity contribution in [1.82, 2.24) is 19.4 Å². The highest BCUT2D eigenvalue weighted by atomic mass is 16.2. The molecule has 2 bridgehead atoms. The molecule has 5 rings (SSSR count). The number of carbonyl (C=O) groups excluding carboxylic acids is 1. The number of pyridine rings is 1. The van der Waals surface area contributed by atoms with Crippen LogP contribution in [0.25, 0.3) is 11.3 Å². The molecule has 2 aromatic rings. The molecule has 1 amide bonds. The molecule has 0 radical (unpaired) electrons. The van der Waals surface area contributed by atoms with E-state index in [4.69, 9.17) is 11.5 Å². The summed E-state index contributed by atoms with van der Waals surface area (Å²) in [5.74, 6) is 0.860. The SMILES string of the molecule is Nc1cc(-c2cc3n(c(=O)c2)C[C@H]2C[C@@H]3CN(C(=O)C3(N)CCC3)C2)ncn1. The molecule has 2 aliphatic heterocycles. The van der Waals surface area contributed by atoms with Gasteiger partial charge in [0.15, 0.2) is 0 Å². The van der Waals surface area contributed by atoms with Gasteiger partial charge in [0, 0.05) is 48.9 Å². The Morgan fingerprint density at radius 1 is 1.14 bits per heavy atom. The van der Waals surface area contributed by atoms with E-state index in [-0.39, 0.29) is 23.3 Å². The lowest BCUT2D eigenvalue weighted by atomic mass is 9.75. The average molecular weight is 380 g/mol. The van der Waals surface area contributed by atoms with Gasteiger partial charge in [-0.2, -0.15) is 0 Å². The zero-order valence-corrected chi connectivity index (χ0v) is 15.7. The molecule has 8 nitrogen and oxygen atoms in total. The Morgan fingerprint density at radius 2 is 1.96 bits per heavy atom. The Morgan fingerprint density at radius 3 is 2.68 bits per heavy atom. The molecule has 2 aromatic heterocycles. The minimum Gasteiger partial charge on any atom is -0.384 e. The van der Waals surface area contributed by atoms with Gasteiger partial charge in [-0.25, -0.2) is 9.97 Å². The van der Waals surface area contributed by atoms with Crippen molar-refractivity contribution in [1.29, 1.82) is 0 Å². The Labute approximate surface area is 162 Å². The Kier molecular flexibility index (Phi) is 3.80. The van der Waals surface area contributed by atoms with Crippen molar-refractivity contribution in [3.63, 3.8) is 0 Å². The van der Waals surface area contributed by atoms with Crippen LogP contribution in [0.3, 0.4) is 0 Å². The van der Waals surface area contributed by atoms with Crippen LogP contribution in [0, 0.1) is 5.92 Å². The fourth-order valence-corrected chi connectivity index (χ4v) is 4.89. The van der Waals surface area contributed by atoms with Gasteiger partial charge in [0.2, 0.25) is 5.91 Å². The number of likely N-dealkylation sites (tertiary alicyclic amines) is 1. The molecule has 0 unspecified atom stereocenters. The Bertz CT molecular complexity index is 1010. The second-order valence-corrected chi connectivity index (χ2v) is 8.46. The van der Waals surface area contributed by atoms with E-state index in [1.54, 1.807) is 12.1 Å². The fourth-order valence-electron chi connectivity index (χ4n) is 4.89. The van der Waals surface area contributed by atoms with E-state index in [1.807, 2.05) is 15.5 Å². The van der Waals surface area contributed by atoms with E-state index in [9.17, 15) is 9.59 Å². The first-order chi connectivity index (χ1) is 13.4. The summed E-state index contributed by atoms with van der Waals surface area (Å²) in [7, 11) is 0. The first kappa shape index (κ1) is 17.4. The smallest absolute Gasteiger partial charge is 0.251 e. The van der Waals surface area contributed by atoms with Crippen molar-refractivity contribution in [2.24, 2.45) is 11.7 Å². The largest absolute Gasteiger partial charge is 0.384 e. The van der Waals surface area contributed by atoms with Crippen molar-refractivity contribution in [3.8, 4) is 11.3 Å². The van der Waals surface area contributed by atoms with Gasteiger partial charge in [0.1, 0.15) is 12.1 Å². The highest BCUT2D eigenvalue weighted by molar-refractivity contribution is 5.87. The van der Waals surface area contributed by atoms with Crippen molar-refractivity contribution in [2.45, 2.75) is 43.7 Å². The third kappa shape index (κ3) is 2.71. The number of piperidine rings is 1. The second-order valence-electron chi connectivity index (χ2n) is 8.46. The van der Waals surface area contributed by atoms with Gasteiger partial charge in [0.05, 0.1) is 11.2 Å². The predicted molar refractivity (Wildman–Crippen MR) is 104 cm³/mol. The van der Waals surface area contributed by atoms with Gasteiger partial charge < -0.3 is 20.9 Å². The third-order valence-electron chi connectivity index (χ3n) is 6.50. The van der Waals surface area contributed by atoms with Gasteiger partial charge in [-0.1, -0.05) is 0 Å². The molecule has 2 fully saturated rings. The maximum Gasteiger partial charge on any atom is 0.251 e. The van der Waals surface area contributed by atoms with Crippen LogP contribution in [0.2, 0.25) is 0 Å². The van der Waals surface area contributed by atoms with Crippen LogP contribution >= 0.6 is 0 Å². The standard InChI is InChI=1S/C20H24N6O2/c21-17-7-15(23-11-24-17)13-5-16-14-4-12(9-26(16)18(27)6-13)8-25(10-14)19(28)20(22)2-1-3-20/h5-7,11-12,14H,1-4,8-10,22H2,(H2,21,23,24)/t12-,14+/m0/s1.